The molecule has 1 N–H and O–H groups in total. The third-order valence-corrected chi connectivity index (χ3v) is 6.86. The van der Waals surface area contributed by atoms with E-state index in [1.165, 1.54) is 76.8 Å². The number of rotatable bonds is 19. The van der Waals surface area contributed by atoms with Crippen LogP contribution in [-0.4, -0.2) is 24.7 Å². The standard InChI is InChI=1S/C35H44N2O4/c1-2-3-4-5-6-7-8-9-10-11-12-16-27-40-32-25-21-30(22-26-32)34(38)37-36-28-29-19-23-33(24-20-29)41-35(39)31-17-14-13-15-18-31/h13-15,17-26,28H,2-12,16,27H2,1H3,(H,37,38)/b36-28+. The van der Waals surface area contributed by atoms with E-state index >= 15 is 0 Å². The quantitative estimate of drug-likeness (QED) is 0.0526. The van der Waals surface area contributed by atoms with Crippen molar-refractivity contribution >= 4 is 18.1 Å². The molecule has 0 atom stereocenters. The summed E-state index contributed by atoms with van der Waals surface area (Å²) in [5.41, 5.74) is 4.28. The van der Waals surface area contributed by atoms with Gasteiger partial charge in [-0.2, -0.15) is 5.10 Å². The van der Waals surface area contributed by atoms with Crippen LogP contribution in [0.25, 0.3) is 0 Å². The third-order valence-electron chi connectivity index (χ3n) is 6.86. The van der Waals surface area contributed by atoms with Crippen LogP contribution in [0.15, 0.2) is 84.0 Å². The second kappa shape index (κ2) is 19.2. The molecule has 0 heterocycles. The SMILES string of the molecule is CCCCCCCCCCCCCCOc1ccc(C(=O)N/N=C/c2ccc(OC(=O)c3ccccc3)cc2)cc1. The molecule has 6 nitrogen and oxygen atoms in total. The van der Waals surface area contributed by atoms with Crippen molar-refractivity contribution < 1.29 is 19.1 Å². The lowest BCUT2D eigenvalue weighted by Crippen LogP contribution is -2.17. The molecule has 0 fully saturated rings. The third kappa shape index (κ3) is 12.9. The molecule has 0 saturated carbocycles. The van der Waals surface area contributed by atoms with Gasteiger partial charge in [0, 0.05) is 5.56 Å². The second-order valence-corrected chi connectivity index (χ2v) is 10.3. The molecule has 0 aliphatic rings. The Morgan fingerprint density at radius 1 is 0.659 bits per heavy atom. The van der Waals surface area contributed by atoms with Gasteiger partial charge in [-0.05, 0) is 72.6 Å². The number of amides is 1. The second-order valence-electron chi connectivity index (χ2n) is 10.3. The summed E-state index contributed by atoms with van der Waals surface area (Å²) in [6.45, 7) is 2.96. The van der Waals surface area contributed by atoms with Gasteiger partial charge in [-0.25, -0.2) is 10.2 Å². The first-order valence-electron chi connectivity index (χ1n) is 15.1. The Hall–Kier alpha value is -3.93. The van der Waals surface area contributed by atoms with E-state index < -0.39 is 5.97 Å². The number of hydrogen-bond acceptors (Lipinski definition) is 5. The molecule has 0 aliphatic heterocycles. The van der Waals surface area contributed by atoms with Crippen molar-refractivity contribution in [2.24, 2.45) is 5.10 Å². The summed E-state index contributed by atoms with van der Waals surface area (Å²) in [5.74, 6) is 0.476. The molecule has 0 radical (unpaired) electrons. The topological polar surface area (TPSA) is 77.0 Å². The zero-order chi connectivity index (χ0) is 29.0. The number of benzene rings is 3. The summed E-state index contributed by atoms with van der Waals surface area (Å²) in [6, 6.07) is 22.8. The highest BCUT2D eigenvalue weighted by molar-refractivity contribution is 5.95. The first-order valence-corrected chi connectivity index (χ1v) is 15.1. The highest BCUT2D eigenvalue weighted by atomic mass is 16.5. The lowest BCUT2D eigenvalue weighted by molar-refractivity contribution is 0.0734. The molecule has 3 aromatic rings. The molecule has 0 aromatic heterocycles. The normalized spacial score (nSPS) is 11.0. The number of nitrogens with zero attached hydrogens (tertiary/aromatic N) is 1. The monoisotopic (exact) mass is 556 g/mol. The number of carbonyl (C=O) groups is 2. The van der Waals surface area contributed by atoms with Crippen molar-refractivity contribution in [3.63, 3.8) is 0 Å². The van der Waals surface area contributed by atoms with Crippen LogP contribution in [0.3, 0.4) is 0 Å². The van der Waals surface area contributed by atoms with Crippen molar-refractivity contribution in [1.29, 1.82) is 0 Å². The van der Waals surface area contributed by atoms with Crippen LogP contribution in [0.1, 0.15) is 110 Å². The summed E-state index contributed by atoms with van der Waals surface area (Å²) >= 11 is 0. The first-order chi connectivity index (χ1) is 20.2. The van der Waals surface area contributed by atoms with Gasteiger partial charge in [0.25, 0.3) is 5.91 Å². The maximum Gasteiger partial charge on any atom is 0.343 e. The van der Waals surface area contributed by atoms with Crippen LogP contribution < -0.4 is 14.9 Å². The fourth-order valence-electron chi connectivity index (χ4n) is 4.43. The molecule has 0 spiro atoms. The molecule has 0 unspecified atom stereocenters. The number of nitrogens with one attached hydrogen (secondary N) is 1. The lowest BCUT2D eigenvalue weighted by Gasteiger charge is -2.07. The fourth-order valence-corrected chi connectivity index (χ4v) is 4.43. The summed E-state index contributed by atoms with van der Waals surface area (Å²) in [4.78, 5) is 24.6. The molecular formula is C35H44N2O4. The van der Waals surface area contributed by atoms with Gasteiger partial charge in [0.1, 0.15) is 11.5 Å². The summed E-state index contributed by atoms with van der Waals surface area (Å²) in [5, 5.41) is 4.03. The molecule has 3 aromatic carbocycles. The average molecular weight is 557 g/mol. The highest BCUT2D eigenvalue weighted by Gasteiger charge is 2.08. The predicted octanol–water partition coefficient (Wildman–Crippen LogP) is 8.75. The van der Waals surface area contributed by atoms with Crippen molar-refractivity contribution in [2.75, 3.05) is 6.61 Å². The van der Waals surface area contributed by atoms with Gasteiger partial charge in [0.15, 0.2) is 0 Å². The minimum atomic E-state index is -0.417. The van der Waals surface area contributed by atoms with Crippen LogP contribution >= 0.6 is 0 Å². The van der Waals surface area contributed by atoms with E-state index in [-0.39, 0.29) is 5.91 Å². The van der Waals surface area contributed by atoms with Crippen molar-refractivity contribution in [3.05, 3.63) is 95.6 Å². The summed E-state index contributed by atoms with van der Waals surface area (Å²) in [7, 11) is 0. The minimum Gasteiger partial charge on any atom is -0.494 e. The van der Waals surface area contributed by atoms with E-state index in [0.717, 1.165) is 17.7 Å². The lowest BCUT2D eigenvalue weighted by atomic mass is 10.1. The summed E-state index contributed by atoms with van der Waals surface area (Å²) in [6.07, 6.45) is 17.4. The maximum atomic E-state index is 12.4. The number of esters is 1. The zero-order valence-electron chi connectivity index (χ0n) is 24.4. The average Bonchev–Trinajstić information content (AvgIpc) is 3.01. The maximum absolute atomic E-state index is 12.4. The van der Waals surface area contributed by atoms with Crippen LogP contribution in [0.2, 0.25) is 0 Å². The number of hydrazone groups is 1. The number of ether oxygens (including phenoxy) is 2. The van der Waals surface area contributed by atoms with Gasteiger partial charge in [-0.15, -0.1) is 0 Å². The molecule has 3 rings (SSSR count). The molecule has 41 heavy (non-hydrogen) atoms. The van der Waals surface area contributed by atoms with E-state index in [2.05, 4.69) is 17.5 Å². The number of hydrogen-bond donors (Lipinski definition) is 1. The molecule has 6 heteroatoms. The van der Waals surface area contributed by atoms with Gasteiger partial charge in [-0.1, -0.05) is 95.8 Å². The molecule has 0 aliphatic carbocycles. The summed E-state index contributed by atoms with van der Waals surface area (Å²) < 4.78 is 11.2. The molecule has 218 valence electrons. The van der Waals surface area contributed by atoms with Gasteiger partial charge in [0.05, 0.1) is 18.4 Å². The molecular weight excluding hydrogens is 512 g/mol. The van der Waals surface area contributed by atoms with Crippen LogP contribution in [-0.2, 0) is 0 Å². The highest BCUT2D eigenvalue weighted by Crippen LogP contribution is 2.16. The Balaban J connectivity index is 1.26. The van der Waals surface area contributed by atoms with E-state index in [1.807, 2.05) is 18.2 Å². The minimum absolute atomic E-state index is 0.304. The zero-order valence-corrected chi connectivity index (χ0v) is 24.4. The molecule has 1 amide bonds. The van der Waals surface area contributed by atoms with Gasteiger partial charge in [-0.3, -0.25) is 4.79 Å². The Bertz CT molecular complexity index is 1180. The fraction of sp³-hybridized carbons (Fsp3) is 0.400. The Kier molecular flexibility index (Phi) is 14.8. The van der Waals surface area contributed by atoms with Gasteiger partial charge >= 0.3 is 5.97 Å². The Morgan fingerprint density at radius 3 is 1.83 bits per heavy atom. The predicted molar refractivity (Wildman–Crippen MR) is 166 cm³/mol. The van der Waals surface area contributed by atoms with Crippen molar-refractivity contribution in [3.8, 4) is 11.5 Å². The number of carbonyl (C=O) groups excluding carboxylic acids is 2. The van der Waals surface area contributed by atoms with E-state index in [9.17, 15) is 9.59 Å². The Morgan fingerprint density at radius 2 is 1.22 bits per heavy atom. The van der Waals surface area contributed by atoms with E-state index in [1.54, 1.807) is 60.7 Å². The van der Waals surface area contributed by atoms with Gasteiger partial charge in [0.2, 0.25) is 0 Å². The van der Waals surface area contributed by atoms with Crippen LogP contribution in [0.5, 0.6) is 11.5 Å². The van der Waals surface area contributed by atoms with Gasteiger partial charge < -0.3 is 9.47 Å². The number of unbranched alkanes of at least 4 members (excludes halogenated alkanes) is 11. The van der Waals surface area contributed by atoms with E-state index in [0.29, 0.717) is 23.5 Å². The smallest absolute Gasteiger partial charge is 0.343 e. The van der Waals surface area contributed by atoms with Crippen molar-refractivity contribution in [1.82, 2.24) is 5.43 Å². The van der Waals surface area contributed by atoms with Crippen LogP contribution in [0, 0.1) is 0 Å². The van der Waals surface area contributed by atoms with Crippen molar-refractivity contribution in [2.45, 2.75) is 84.0 Å². The molecule has 0 saturated heterocycles. The first kappa shape index (κ1) is 31.6. The Labute approximate surface area is 245 Å². The molecule has 0 bridgehead atoms. The largest absolute Gasteiger partial charge is 0.494 e. The van der Waals surface area contributed by atoms with Crippen LogP contribution in [0.4, 0.5) is 0 Å². The van der Waals surface area contributed by atoms with E-state index in [4.69, 9.17) is 9.47 Å².